The number of aryl methyl sites for hydroxylation is 1. The highest BCUT2D eigenvalue weighted by molar-refractivity contribution is 5.72. The molecule has 0 aliphatic carbocycles. The normalized spacial score (nSPS) is 10.2. The fourth-order valence-corrected chi connectivity index (χ4v) is 1.54. The molecule has 2 rings (SSSR count). The molecule has 0 aliphatic rings. The van der Waals surface area contributed by atoms with E-state index >= 15 is 0 Å². The molecule has 0 spiro atoms. The van der Waals surface area contributed by atoms with Crippen molar-refractivity contribution in [2.45, 2.75) is 13.5 Å². The Labute approximate surface area is 99.5 Å². The Bertz CT molecular complexity index is 533. The summed E-state index contributed by atoms with van der Waals surface area (Å²) in [5.41, 5.74) is 2.99. The lowest BCUT2D eigenvalue weighted by Gasteiger charge is -2.03. The van der Waals surface area contributed by atoms with Gasteiger partial charge in [-0.25, -0.2) is 0 Å². The lowest BCUT2D eigenvalue weighted by molar-refractivity contribution is -0.119. The fourth-order valence-electron chi connectivity index (χ4n) is 1.54. The molecule has 0 saturated carbocycles. The maximum atomic E-state index is 10.8. The summed E-state index contributed by atoms with van der Waals surface area (Å²) in [5.74, 6) is -0.0446. The second-order valence-corrected chi connectivity index (χ2v) is 3.89. The Kier molecular flexibility index (Phi) is 3.18. The topological polar surface area (TPSA) is 59.8 Å². The summed E-state index contributed by atoms with van der Waals surface area (Å²) in [4.78, 5) is 15.0. The van der Waals surface area contributed by atoms with E-state index in [2.05, 4.69) is 15.4 Å². The fraction of sp³-hybridized carbons (Fsp3) is 0.250. The number of nitrogens with zero attached hydrogens (tertiary/aromatic N) is 3. The summed E-state index contributed by atoms with van der Waals surface area (Å²) in [5, 5.41) is 6.86. The molecule has 1 amide bonds. The van der Waals surface area contributed by atoms with Crippen LogP contribution in [0.25, 0.3) is 11.1 Å². The van der Waals surface area contributed by atoms with Crippen LogP contribution in [0.4, 0.5) is 0 Å². The Morgan fingerprint density at radius 3 is 2.82 bits per heavy atom. The quantitative estimate of drug-likeness (QED) is 0.859. The average Bonchev–Trinajstić information content (AvgIpc) is 2.74. The van der Waals surface area contributed by atoms with Crippen LogP contribution in [0.2, 0.25) is 0 Å². The highest BCUT2D eigenvalue weighted by Gasteiger charge is 2.02. The summed E-state index contributed by atoms with van der Waals surface area (Å²) >= 11 is 0. The van der Waals surface area contributed by atoms with Crippen molar-refractivity contribution in [1.29, 1.82) is 0 Å². The average molecular weight is 230 g/mol. The van der Waals surface area contributed by atoms with E-state index in [0.29, 0.717) is 6.54 Å². The zero-order valence-electron chi connectivity index (χ0n) is 9.84. The van der Waals surface area contributed by atoms with Gasteiger partial charge in [-0.05, 0) is 11.6 Å². The summed E-state index contributed by atoms with van der Waals surface area (Å²) in [6.07, 6.45) is 7.25. The summed E-state index contributed by atoms with van der Waals surface area (Å²) in [6, 6.07) is 2.00. The molecule has 2 aromatic rings. The Hall–Kier alpha value is -2.17. The van der Waals surface area contributed by atoms with E-state index in [9.17, 15) is 4.79 Å². The third kappa shape index (κ3) is 2.90. The van der Waals surface area contributed by atoms with Gasteiger partial charge in [-0.2, -0.15) is 5.10 Å². The van der Waals surface area contributed by atoms with E-state index < -0.39 is 0 Å². The molecule has 2 heterocycles. The summed E-state index contributed by atoms with van der Waals surface area (Å²) < 4.78 is 1.75. The summed E-state index contributed by atoms with van der Waals surface area (Å²) in [7, 11) is 1.87. The first kappa shape index (κ1) is 11.3. The van der Waals surface area contributed by atoms with Gasteiger partial charge < -0.3 is 5.32 Å². The van der Waals surface area contributed by atoms with Crippen molar-refractivity contribution in [2.75, 3.05) is 0 Å². The van der Waals surface area contributed by atoms with Crippen molar-refractivity contribution in [3.05, 3.63) is 36.4 Å². The predicted octanol–water partition coefficient (Wildman–Crippen LogP) is 1.12. The zero-order valence-corrected chi connectivity index (χ0v) is 9.84. The molecule has 0 atom stereocenters. The first-order chi connectivity index (χ1) is 8.15. The largest absolute Gasteiger partial charge is 0.352 e. The second kappa shape index (κ2) is 4.78. The molecule has 88 valence electrons. The van der Waals surface area contributed by atoms with Crippen LogP contribution < -0.4 is 5.32 Å². The molecule has 0 bridgehead atoms. The molecule has 1 N–H and O–H groups in total. The van der Waals surface area contributed by atoms with E-state index in [1.54, 1.807) is 23.3 Å². The number of hydrogen-bond acceptors (Lipinski definition) is 3. The van der Waals surface area contributed by atoms with Crippen LogP contribution in [0.3, 0.4) is 0 Å². The monoisotopic (exact) mass is 230 g/mol. The van der Waals surface area contributed by atoms with Crippen molar-refractivity contribution >= 4 is 5.91 Å². The minimum atomic E-state index is -0.0446. The number of nitrogens with one attached hydrogen (secondary N) is 1. The molecule has 0 radical (unpaired) electrons. The van der Waals surface area contributed by atoms with Gasteiger partial charge in [0.05, 0.1) is 6.20 Å². The van der Waals surface area contributed by atoms with Crippen LogP contribution in [0, 0.1) is 0 Å². The van der Waals surface area contributed by atoms with Crippen LogP contribution in [0.1, 0.15) is 12.5 Å². The van der Waals surface area contributed by atoms with Crippen molar-refractivity contribution in [2.24, 2.45) is 7.05 Å². The van der Waals surface area contributed by atoms with E-state index in [4.69, 9.17) is 0 Å². The third-order valence-corrected chi connectivity index (χ3v) is 2.37. The van der Waals surface area contributed by atoms with Gasteiger partial charge in [0.15, 0.2) is 0 Å². The highest BCUT2D eigenvalue weighted by atomic mass is 16.1. The van der Waals surface area contributed by atoms with Crippen molar-refractivity contribution < 1.29 is 4.79 Å². The molecule has 5 heteroatoms. The molecule has 0 unspecified atom stereocenters. The summed E-state index contributed by atoms with van der Waals surface area (Å²) in [6.45, 7) is 1.99. The first-order valence-corrected chi connectivity index (χ1v) is 5.32. The number of rotatable bonds is 3. The standard InChI is InChI=1S/C12H14N4O/c1-9(17)14-5-10-3-11(6-13-4-10)12-7-15-16(2)8-12/h3-4,6-8H,5H2,1-2H3,(H,14,17). The number of pyridine rings is 1. The third-order valence-electron chi connectivity index (χ3n) is 2.37. The predicted molar refractivity (Wildman–Crippen MR) is 64.0 cm³/mol. The second-order valence-electron chi connectivity index (χ2n) is 3.89. The van der Waals surface area contributed by atoms with E-state index in [1.165, 1.54) is 6.92 Å². The van der Waals surface area contributed by atoms with Gasteiger partial charge in [0.2, 0.25) is 5.91 Å². The molecule has 0 aromatic carbocycles. The van der Waals surface area contributed by atoms with Crippen LogP contribution in [0.15, 0.2) is 30.9 Å². The van der Waals surface area contributed by atoms with Crippen molar-refractivity contribution in [3.8, 4) is 11.1 Å². The van der Waals surface area contributed by atoms with Gasteiger partial charge >= 0.3 is 0 Å². The first-order valence-electron chi connectivity index (χ1n) is 5.32. The van der Waals surface area contributed by atoms with Gasteiger partial charge in [0.25, 0.3) is 0 Å². The van der Waals surface area contributed by atoms with Crippen LogP contribution in [-0.4, -0.2) is 20.7 Å². The number of hydrogen-bond donors (Lipinski definition) is 1. The minimum Gasteiger partial charge on any atom is -0.352 e. The van der Waals surface area contributed by atoms with Gasteiger partial charge in [-0.3, -0.25) is 14.5 Å². The lowest BCUT2D eigenvalue weighted by atomic mass is 10.1. The molecule has 2 aromatic heterocycles. The highest BCUT2D eigenvalue weighted by Crippen LogP contribution is 2.18. The molecule has 0 aliphatic heterocycles. The van der Waals surface area contributed by atoms with E-state index in [0.717, 1.165) is 16.7 Å². The Morgan fingerprint density at radius 2 is 2.18 bits per heavy atom. The minimum absolute atomic E-state index is 0.0446. The van der Waals surface area contributed by atoms with E-state index in [1.807, 2.05) is 19.3 Å². The number of aromatic nitrogens is 3. The number of amides is 1. The van der Waals surface area contributed by atoms with Gasteiger partial charge in [-0.15, -0.1) is 0 Å². The maximum absolute atomic E-state index is 10.8. The van der Waals surface area contributed by atoms with Crippen molar-refractivity contribution in [1.82, 2.24) is 20.1 Å². The van der Waals surface area contributed by atoms with Crippen molar-refractivity contribution in [3.63, 3.8) is 0 Å². The molecule has 17 heavy (non-hydrogen) atoms. The van der Waals surface area contributed by atoms with Crippen LogP contribution in [-0.2, 0) is 18.4 Å². The lowest BCUT2D eigenvalue weighted by Crippen LogP contribution is -2.18. The molecular weight excluding hydrogens is 216 g/mol. The van der Waals surface area contributed by atoms with E-state index in [-0.39, 0.29) is 5.91 Å². The Morgan fingerprint density at radius 1 is 1.35 bits per heavy atom. The van der Waals surface area contributed by atoms with Gasteiger partial charge in [-0.1, -0.05) is 0 Å². The SMILES string of the molecule is CC(=O)NCc1cncc(-c2cnn(C)c2)c1. The van der Waals surface area contributed by atoms with Gasteiger partial charge in [0, 0.05) is 50.2 Å². The van der Waals surface area contributed by atoms with Gasteiger partial charge in [0.1, 0.15) is 0 Å². The molecule has 0 fully saturated rings. The Balaban J connectivity index is 2.19. The number of carbonyl (C=O) groups is 1. The molecule has 5 nitrogen and oxygen atoms in total. The number of carbonyl (C=O) groups excluding carboxylic acids is 1. The van der Waals surface area contributed by atoms with Crippen LogP contribution >= 0.6 is 0 Å². The maximum Gasteiger partial charge on any atom is 0.217 e. The molecular formula is C12H14N4O. The molecule has 0 saturated heterocycles. The smallest absolute Gasteiger partial charge is 0.217 e. The van der Waals surface area contributed by atoms with Crippen LogP contribution in [0.5, 0.6) is 0 Å². The zero-order chi connectivity index (χ0) is 12.3.